The van der Waals surface area contributed by atoms with Crippen molar-refractivity contribution in [2.75, 3.05) is 19.8 Å². The number of hydrogen-bond donors (Lipinski definition) is 0. The summed E-state index contributed by atoms with van der Waals surface area (Å²) in [5, 5.41) is 7.42. The Morgan fingerprint density at radius 2 is 1.84 bits per heavy atom. The number of para-hydroxylation sites is 1. The smallest absolute Gasteiger partial charge is 0.388 e. The standard InChI is InChI=1S/C34H33F2N3O5/c1-3-42-33(40)31-25(16-10-20-43-28-17-8-12-22-11-4-5-13-23(22)28)24-14-9-15-26-29-27(37-38(2)32(29)44-34(35)36)21-41-19-7-6-18-39(31)30(24)26/h4-9,11-15,17,34H,3,10,16,18-21H2,1-2H3/b7-6-. The van der Waals surface area contributed by atoms with Crippen molar-refractivity contribution in [1.29, 1.82) is 0 Å². The third kappa shape index (κ3) is 5.65. The van der Waals surface area contributed by atoms with Crippen LogP contribution in [0.5, 0.6) is 11.6 Å². The second-order valence-electron chi connectivity index (χ2n) is 10.4. The number of benzene rings is 3. The minimum absolute atomic E-state index is 0.0752. The topological polar surface area (TPSA) is 76.7 Å². The Balaban J connectivity index is 1.45. The maximum Gasteiger partial charge on any atom is 0.388 e. The van der Waals surface area contributed by atoms with E-state index in [0.717, 1.165) is 27.5 Å². The molecule has 0 radical (unpaired) electrons. The highest BCUT2D eigenvalue weighted by molar-refractivity contribution is 6.05. The molecule has 228 valence electrons. The first-order valence-corrected chi connectivity index (χ1v) is 14.6. The monoisotopic (exact) mass is 601 g/mol. The number of carbonyl (C=O) groups is 1. The van der Waals surface area contributed by atoms with Gasteiger partial charge in [0.25, 0.3) is 0 Å². The minimum atomic E-state index is -3.05. The molecule has 0 N–H and O–H groups in total. The van der Waals surface area contributed by atoms with Gasteiger partial charge in [0.2, 0.25) is 5.88 Å². The van der Waals surface area contributed by atoms with Crippen LogP contribution in [0.4, 0.5) is 8.78 Å². The number of alkyl halides is 2. The van der Waals surface area contributed by atoms with Gasteiger partial charge in [-0.1, -0.05) is 66.7 Å². The summed E-state index contributed by atoms with van der Waals surface area (Å²) in [5.74, 6) is 0.277. The Morgan fingerprint density at radius 1 is 1.05 bits per heavy atom. The molecule has 0 saturated carbocycles. The van der Waals surface area contributed by atoms with Gasteiger partial charge in [-0.25, -0.2) is 9.48 Å². The fraction of sp³-hybridized carbons (Fsp3) is 0.294. The van der Waals surface area contributed by atoms with Crippen LogP contribution in [0.3, 0.4) is 0 Å². The van der Waals surface area contributed by atoms with Gasteiger partial charge in [0.15, 0.2) is 0 Å². The second-order valence-corrected chi connectivity index (χ2v) is 10.4. The number of allylic oxidation sites excluding steroid dienone is 1. The molecule has 0 spiro atoms. The Hall–Kier alpha value is -4.70. The van der Waals surface area contributed by atoms with Crippen molar-refractivity contribution in [3.63, 3.8) is 0 Å². The molecule has 0 bridgehead atoms. The summed E-state index contributed by atoms with van der Waals surface area (Å²) < 4.78 is 52.9. The highest BCUT2D eigenvalue weighted by Gasteiger charge is 2.29. The summed E-state index contributed by atoms with van der Waals surface area (Å²) in [4.78, 5) is 13.6. The third-order valence-corrected chi connectivity index (χ3v) is 7.68. The molecule has 3 heterocycles. The van der Waals surface area contributed by atoms with E-state index in [0.29, 0.717) is 54.0 Å². The molecule has 0 fully saturated rings. The molecule has 44 heavy (non-hydrogen) atoms. The zero-order valence-electron chi connectivity index (χ0n) is 24.6. The van der Waals surface area contributed by atoms with E-state index in [9.17, 15) is 13.6 Å². The van der Waals surface area contributed by atoms with Gasteiger partial charge in [0, 0.05) is 29.9 Å². The summed E-state index contributed by atoms with van der Waals surface area (Å²) in [5.41, 5.74) is 3.42. The van der Waals surface area contributed by atoms with Crippen LogP contribution in [0, 0.1) is 0 Å². The number of rotatable bonds is 9. The fourth-order valence-electron chi connectivity index (χ4n) is 5.93. The third-order valence-electron chi connectivity index (χ3n) is 7.68. The molecule has 1 aliphatic rings. The summed E-state index contributed by atoms with van der Waals surface area (Å²) in [6.45, 7) is 0.0870. The van der Waals surface area contributed by atoms with Crippen molar-refractivity contribution >= 4 is 27.6 Å². The van der Waals surface area contributed by atoms with E-state index in [1.54, 1.807) is 14.0 Å². The molecular formula is C34H33F2N3O5. The van der Waals surface area contributed by atoms with Gasteiger partial charge in [0.05, 0.1) is 37.5 Å². The van der Waals surface area contributed by atoms with E-state index in [2.05, 4.69) is 5.10 Å². The average Bonchev–Trinajstić information content (AvgIpc) is 3.49. The van der Waals surface area contributed by atoms with Crippen molar-refractivity contribution in [3.8, 4) is 22.8 Å². The molecule has 8 nitrogen and oxygen atoms in total. The summed E-state index contributed by atoms with van der Waals surface area (Å²) in [6.07, 6.45) is 4.94. The van der Waals surface area contributed by atoms with Crippen LogP contribution in [0.1, 0.15) is 35.1 Å². The molecule has 0 atom stereocenters. The molecule has 3 aromatic carbocycles. The molecular weight excluding hydrogens is 568 g/mol. The van der Waals surface area contributed by atoms with E-state index >= 15 is 0 Å². The molecule has 0 saturated heterocycles. The van der Waals surface area contributed by atoms with Crippen LogP contribution < -0.4 is 9.47 Å². The van der Waals surface area contributed by atoms with Crippen molar-refractivity contribution < 1.29 is 32.5 Å². The SMILES string of the molecule is CCOC(=O)c1c(CCCOc2cccc3ccccc23)c2cccc3c2n1C/C=C\COCc1nn(C)c(OC(F)F)c1-3. The quantitative estimate of drug-likeness (QED) is 0.102. The summed E-state index contributed by atoms with van der Waals surface area (Å²) in [6, 6.07) is 19.7. The highest BCUT2D eigenvalue weighted by Crippen LogP contribution is 2.42. The molecule has 2 aromatic heterocycles. The Labute approximate surface area is 253 Å². The lowest BCUT2D eigenvalue weighted by Gasteiger charge is -2.13. The number of nitrogens with zero attached hydrogens (tertiary/aromatic N) is 3. The number of carbonyl (C=O) groups excluding carboxylic acids is 1. The maximum absolute atomic E-state index is 13.6. The number of halogens is 2. The summed E-state index contributed by atoms with van der Waals surface area (Å²) >= 11 is 0. The Bertz CT molecular complexity index is 1840. The molecule has 0 unspecified atom stereocenters. The van der Waals surface area contributed by atoms with Crippen LogP contribution in [0.25, 0.3) is 32.8 Å². The van der Waals surface area contributed by atoms with Crippen molar-refractivity contribution in [2.45, 2.75) is 39.5 Å². The van der Waals surface area contributed by atoms with E-state index in [-0.39, 0.29) is 25.7 Å². The van der Waals surface area contributed by atoms with Crippen LogP contribution in [0.15, 0.2) is 72.8 Å². The van der Waals surface area contributed by atoms with Gasteiger partial charge in [-0.2, -0.15) is 13.9 Å². The predicted molar refractivity (Wildman–Crippen MR) is 163 cm³/mol. The molecule has 5 aromatic rings. The Morgan fingerprint density at radius 3 is 2.68 bits per heavy atom. The largest absolute Gasteiger partial charge is 0.493 e. The average molecular weight is 602 g/mol. The maximum atomic E-state index is 13.6. The molecule has 0 aliphatic carbocycles. The van der Waals surface area contributed by atoms with Crippen molar-refractivity contribution in [1.82, 2.24) is 14.3 Å². The van der Waals surface area contributed by atoms with E-state index in [1.165, 1.54) is 4.68 Å². The lowest BCUT2D eigenvalue weighted by Crippen LogP contribution is -2.14. The van der Waals surface area contributed by atoms with Crippen LogP contribution >= 0.6 is 0 Å². The molecule has 0 amide bonds. The minimum Gasteiger partial charge on any atom is -0.493 e. The normalized spacial score (nSPS) is 13.9. The number of aromatic nitrogens is 3. The van der Waals surface area contributed by atoms with Crippen LogP contribution in [-0.2, 0) is 36.1 Å². The van der Waals surface area contributed by atoms with Crippen LogP contribution in [0.2, 0.25) is 0 Å². The Kier molecular flexibility index (Phi) is 8.60. The van der Waals surface area contributed by atoms with E-state index in [4.69, 9.17) is 18.9 Å². The number of aryl methyl sites for hydroxylation is 2. The summed E-state index contributed by atoms with van der Waals surface area (Å²) in [7, 11) is 1.56. The zero-order valence-corrected chi connectivity index (χ0v) is 24.6. The van der Waals surface area contributed by atoms with Gasteiger partial charge in [-0.05, 0) is 36.8 Å². The first-order chi connectivity index (χ1) is 21.5. The highest BCUT2D eigenvalue weighted by atomic mass is 19.3. The second kappa shape index (κ2) is 12.9. The van der Waals surface area contributed by atoms with Gasteiger partial charge in [-0.3, -0.25) is 0 Å². The number of fused-ring (bicyclic) bond motifs is 3. The van der Waals surface area contributed by atoms with Gasteiger partial charge < -0.3 is 23.5 Å². The van der Waals surface area contributed by atoms with Crippen LogP contribution in [-0.4, -0.2) is 46.7 Å². The first-order valence-electron chi connectivity index (χ1n) is 14.6. The first kappa shape index (κ1) is 29.4. The number of ether oxygens (including phenoxy) is 4. The lowest BCUT2D eigenvalue weighted by atomic mass is 9.99. The number of hydrogen-bond acceptors (Lipinski definition) is 6. The van der Waals surface area contributed by atoms with E-state index < -0.39 is 12.6 Å². The van der Waals surface area contributed by atoms with Crippen molar-refractivity contribution in [3.05, 3.63) is 89.8 Å². The molecule has 10 heteroatoms. The van der Waals surface area contributed by atoms with Gasteiger partial charge in [0.1, 0.15) is 17.1 Å². The molecule has 1 aliphatic heterocycles. The number of esters is 1. The zero-order chi connectivity index (χ0) is 30.6. The van der Waals surface area contributed by atoms with Crippen molar-refractivity contribution in [2.24, 2.45) is 7.05 Å². The van der Waals surface area contributed by atoms with Gasteiger partial charge >= 0.3 is 12.6 Å². The predicted octanol–water partition coefficient (Wildman–Crippen LogP) is 7.07. The molecule has 6 rings (SSSR count). The van der Waals surface area contributed by atoms with Gasteiger partial charge in [-0.15, -0.1) is 0 Å². The van der Waals surface area contributed by atoms with E-state index in [1.807, 2.05) is 77.4 Å². The fourth-order valence-corrected chi connectivity index (χ4v) is 5.93. The lowest BCUT2D eigenvalue weighted by molar-refractivity contribution is -0.0549.